The number of halogens is 2. The zero-order valence-corrected chi connectivity index (χ0v) is 28.5. The van der Waals surface area contributed by atoms with Crippen molar-refractivity contribution in [1.29, 1.82) is 0 Å². The van der Waals surface area contributed by atoms with Crippen molar-refractivity contribution >= 4 is 68.9 Å². The minimum Gasteiger partial charge on any atom is -0.507 e. The standard InChI is InChI=1S/C34H29Cl2N3O6S2/c1-4-12-44-26-11-7-19(15-27(26)43-5-2)29-28(30(40)20-8-10-25-22(14-20)13-18(3)45-25)31(41)32(42)39(29)33-37-38-34(47-33)46-17-21-6-9-23(35)16-24(21)36/h4,6-11,14-16,18,29,40H,1,5,12-13,17H2,2-3H3/b30-28+. The summed E-state index contributed by atoms with van der Waals surface area (Å²) in [7, 11) is 0. The van der Waals surface area contributed by atoms with Crippen molar-refractivity contribution < 1.29 is 28.9 Å². The molecular weight excluding hydrogens is 681 g/mol. The molecule has 13 heteroatoms. The smallest absolute Gasteiger partial charge is 0.301 e. The molecule has 3 aromatic carbocycles. The van der Waals surface area contributed by atoms with Crippen molar-refractivity contribution in [3.63, 3.8) is 0 Å². The summed E-state index contributed by atoms with van der Waals surface area (Å²) in [6.45, 7) is 8.10. The molecule has 2 unspecified atom stereocenters. The number of carbonyl (C=O) groups is 2. The Bertz CT molecular complexity index is 1910. The Labute approximate surface area is 289 Å². The number of fused-ring (bicyclic) bond motifs is 1. The number of amides is 1. The Morgan fingerprint density at radius 1 is 1.13 bits per heavy atom. The lowest BCUT2D eigenvalue weighted by molar-refractivity contribution is -0.132. The summed E-state index contributed by atoms with van der Waals surface area (Å²) in [4.78, 5) is 28.9. The Morgan fingerprint density at radius 2 is 1.96 bits per heavy atom. The molecule has 2 atom stereocenters. The molecule has 1 fully saturated rings. The van der Waals surface area contributed by atoms with Gasteiger partial charge in [0.15, 0.2) is 15.8 Å². The second-order valence-corrected chi connectivity index (χ2v) is 13.8. The molecule has 1 aromatic heterocycles. The van der Waals surface area contributed by atoms with Gasteiger partial charge in [-0.25, -0.2) is 0 Å². The van der Waals surface area contributed by atoms with E-state index in [1.165, 1.54) is 16.7 Å². The predicted molar refractivity (Wildman–Crippen MR) is 184 cm³/mol. The summed E-state index contributed by atoms with van der Waals surface area (Å²) < 4.78 is 18.0. The van der Waals surface area contributed by atoms with E-state index in [2.05, 4.69) is 16.8 Å². The SMILES string of the molecule is C=CCOc1ccc(C2/C(=C(\O)c3ccc4c(c3)CC(C)O4)C(=O)C(=O)N2c2nnc(SCc3ccc(Cl)cc3Cl)s2)cc1OCC. The van der Waals surface area contributed by atoms with Crippen LogP contribution in [0.1, 0.15) is 42.1 Å². The van der Waals surface area contributed by atoms with Gasteiger partial charge in [-0.2, -0.15) is 0 Å². The van der Waals surface area contributed by atoms with Crippen molar-refractivity contribution in [2.45, 2.75) is 42.5 Å². The van der Waals surface area contributed by atoms with E-state index in [1.807, 2.05) is 19.9 Å². The number of carbonyl (C=O) groups excluding carboxylic acids is 2. The average molecular weight is 711 g/mol. The van der Waals surface area contributed by atoms with Gasteiger partial charge in [-0.1, -0.05) is 71.1 Å². The van der Waals surface area contributed by atoms with Crippen molar-refractivity contribution in [3.8, 4) is 17.2 Å². The van der Waals surface area contributed by atoms with Crippen molar-refractivity contribution in [2.24, 2.45) is 0 Å². The van der Waals surface area contributed by atoms with Gasteiger partial charge in [0.25, 0.3) is 5.78 Å². The molecule has 6 rings (SSSR count). The normalized spacial score (nSPS) is 18.3. The number of nitrogens with zero attached hydrogens (tertiary/aromatic N) is 3. The Balaban J connectivity index is 1.42. The summed E-state index contributed by atoms with van der Waals surface area (Å²) in [6, 6.07) is 14.6. The number of ketones is 1. The lowest BCUT2D eigenvalue weighted by atomic mass is 9.94. The predicted octanol–water partition coefficient (Wildman–Crippen LogP) is 8.05. The topological polar surface area (TPSA) is 111 Å². The highest BCUT2D eigenvalue weighted by Crippen LogP contribution is 2.46. The largest absolute Gasteiger partial charge is 0.507 e. The number of benzene rings is 3. The van der Waals surface area contributed by atoms with Gasteiger partial charge in [-0.15, -0.1) is 10.2 Å². The Morgan fingerprint density at radius 3 is 2.72 bits per heavy atom. The Kier molecular flexibility index (Phi) is 9.79. The van der Waals surface area contributed by atoms with Crippen LogP contribution >= 0.6 is 46.3 Å². The molecule has 242 valence electrons. The van der Waals surface area contributed by atoms with E-state index < -0.39 is 17.7 Å². The van der Waals surface area contributed by atoms with Crippen LogP contribution in [0.5, 0.6) is 17.2 Å². The van der Waals surface area contributed by atoms with E-state index in [0.717, 1.165) is 28.2 Å². The highest BCUT2D eigenvalue weighted by atomic mass is 35.5. The van der Waals surface area contributed by atoms with Gasteiger partial charge in [0.1, 0.15) is 24.2 Å². The fourth-order valence-corrected chi connectivity index (χ4v) is 7.86. The van der Waals surface area contributed by atoms with Crippen LogP contribution in [0.15, 0.2) is 77.2 Å². The maximum Gasteiger partial charge on any atom is 0.301 e. The molecule has 3 heterocycles. The summed E-state index contributed by atoms with van der Waals surface area (Å²) >= 11 is 14.9. The van der Waals surface area contributed by atoms with Crippen LogP contribution in [0.3, 0.4) is 0 Å². The maximum absolute atomic E-state index is 13.8. The second kappa shape index (κ2) is 14.0. The molecule has 1 saturated heterocycles. The van der Waals surface area contributed by atoms with Crippen LogP contribution in [0, 0.1) is 0 Å². The first-order valence-corrected chi connectivity index (χ1v) is 17.3. The van der Waals surface area contributed by atoms with Crippen molar-refractivity contribution in [2.75, 3.05) is 18.1 Å². The summed E-state index contributed by atoms with van der Waals surface area (Å²) in [6.07, 6.45) is 2.27. The van der Waals surface area contributed by atoms with Gasteiger partial charge >= 0.3 is 5.91 Å². The number of rotatable bonds is 11. The van der Waals surface area contributed by atoms with E-state index in [-0.39, 0.29) is 29.2 Å². The number of hydrogen-bond acceptors (Lipinski definition) is 10. The molecule has 4 aromatic rings. The number of thioether (sulfide) groups is 1. The van der Waals surface area contributed by atoms with E-state index in [4.69, 9.17) is 37.4 Å². The molecule has 0 saturated carbocycles. The van der Waals surface area contributed by atoms with E-state index in [0.29, 0.717) is 55.8 Å². The minimum atomic E-state index is -1.04. The quantitative estimate of drug-likeness (QED) is 0.0413. The number of Topliss-reactive ketones (excluding diaryl/α,β-unsaturated/α-hetero) is 1. The third-order valence-electron chi connectivity index (χ3n) is 7.52. The highest BCUT2D eigenvalue weighted by molar-refractivity contribution is 8.00. The summed E-state index contributed by atoms with van der Waals surface area (Å²) in [5.74, 6) is 0.0938. The molecule has 9 nitrogen and oxygen atoms in total. The van der Waals surface area contributed by atoms with Gasteiger partial charge in [0.2, 0.25) is 5.13 Å². The van der Waals surface area contributed by atoms with Crippen LogP contribution in [0.25, 0.3) is 5.76 Å². The molecule has 0 spiro atoms. The van der Waals surface area contributed by atoms with Crippen molar-refractivity contribution in [3.05, 3.63) is 105 Å². The number of anilines is 1. The average Bonchev–Trinajstić information content (AvgIpc) is 3.74. The molecule has 2 aliphatic heterocycles. The van der Waals surface area contributed by atoms with Crippen LogP contribution in [0.2, 0.25) is 10.0 Å². The first-order chi connectivity index (χ1) is 22.7. The highest BCUT2D eigenvalue weighted by Gasteiger charge is 2.48. The van der Waals surface area contributed by atoms with Crippen molar-refractivity contribution in [1.82, 2.24) is 10.2 Å². The van der Waals surface area contributed by atoms with Gasteiger partial charge < -0.3 is 19.3 Å². The number of aliphatic hydroxyl groups excluding tert-OH is 1. The number of aromatic nitrogens is 2. The van der Waals surface area contributed by atoms with Crippen LogP contribution in [-0.4, -0.2) is 46.3 Å². The zero-order chi connectivity index (χ0) is 33.2. The van der Waals surface area contributed by atoms with Gasteiger partial charge in [0, 0.05) is 27.8 Å². The maximum atomic E-state index is 13.8. The number of hydrogen-bond donors (Lipinski definition) is 1. The van der Waals surface area contributed by atoms with E-state index in [1.54, 1.807) is 54.6 Å². The second-order valence-electron chi connectivity index (χ2n) is 10.7. The lowest BCUT2D eigenvalue weighted by Crippen LogP contribution is -2.29. The van der Waals surface area contributed by atoms with Crippen LogP contribution < -0.4 is 19.1 Å². The fourth-order valence-electron chi connectivity index (χ4n) is 5.44. The first kappa shape index (κ1) is 32.9. The fraction of sp³-hybridized carbons (Fsp3) is 0.235. The molecule has 2 aliphatic rings. The molecular formula is C34H29Cl2N3O6S2. The molecule has 1 amide bonds. The van der Waals surface area contributed by atoms with Gasteiger partial charge in [-0.3, -0.25) is 14.5 Å². The van der Waals surface area contributed by atoms with E-state index >= 15 is 0 Å². The third-order valence-corrected chi connectivity index (χ3v) is 10.2. The van der Waals surface area contributed by atoms with Crippen LogP contribution in [-0.2, 0) is 21.8 Å². The first-order valence-electron chi connectivity index (χ1n) is 14.7. The van der Waals surface area contributed by atoms with Gasteiger partial charge in [-0.05, 0) is 73.0 Å². The molecule has 0 radical (unpaired) electrons. The van der Waals surface area contributed by atoms with E-state index in [9.17, 15) is 14.7 Å². The third kappa shape index (κ3) is 6.71. The zero-order valence-electron chi connectivity index (χ0n) is 25.4. The molecule has 47 heavy (non-hydrogen) atoms. The summed E-state index contributed by atoms with van der Waals surface area (Å²) in [5.41, 5.74) is 2.58. The Hall–Kier alpha value is -4.03. The van der Waals surface area contributed by atoms with Gasteiger partial charge in [0.05, 0.1) is 18.2 Å². The van der Waals surface area contributed by atoms with Crippen LogP contribution in [0.4, 0.5) is 5.13 Å². The summed E-state index contributed by atoms with van der Waals surface area (Å²) in [5, 5.41) is 21.6. The monoisotopic (exact) mass is 709 g/mol. The minimum absolute atomic E-state index is 0.00743. The molecule has 0 aliphatic carbocycles. The number of aliphatic hydroxyl groups is 1. The molecule has 1 N–H and O–H groups in total. The molecule has 0 bridgehead atoms. The lowest BCUT2D eigenvalue weighted by Gasteiger charge is -2.23. The number of ether oxygens (including phenoxy) is 3.